The number of anilines is 1. The second kappa shape index (κ2) is 8.88. The molecular formula is C28H24FN4O3+. The third kappa shape index (κ3) is 3.76. The van der Waals surface area contributed by atoms with Gasteiger partial charge < -0.3 is 0 Å². The maximum absolute atomic E-state index is 13.9. The maximum Gasteiger partial charge on any atom is 0.331 e. The SMILES string of the molecule is Cc1ccc[n+](C2=C(c3c(C(C)C)[nH]n(-c4ccccc4)c3=O)C(=O)N(c3ccc(F)cc3)C2=O)c1. The van der Waals surface area contributed by atoms with E-state index in [9.17, 15) is 18.8 Å². The van der Waals surface area contributed by atoms with Crippen molar-refractivity contribution >= 4 is 28.8 Å². The van der Waals surface area contributed by atoms with Crippen LogP contribution in [0.25, 0.3) is 17.0 Å². The molecule has 7 nitrogen and oxygen atoms in total. The number of imide groups is 1. The number of pyridine rings is 1. The minimum Gasteiger partial charge on any atom is -0.294 e. The molecule has 0 spiro atoms. The Morgan fingerprint density at radius 3 is 2.19 bits per heavy atom. The zero-order valence-electron chi connectivity index (χ0n) is 20.0. The molecule has 3 heterocycles. The van der Waals surface area contributed by atoms with Crippen LogP contribution in [0.3, 0.4) is 0 Å². The Morgan fingerprint density at radius 2 is 1.56 bits per heavy atom. The van der Waals surface area contributed by atoms with Crippen molar-refractivity contribution in [3.05, 3.63) is 112 Å². The number of amides is 2. The summed E-state index contributed by atoms with van der Waals surface area (Å²) in [6.45, 7) is 5.68. The number of carbonyl (C=O) groups is 2. The van der Waals surface area contributed by atoms with Gasteiger partial charge in [-0.1, -0.05) is 32.0 Å². The molecule has 2 aromatic carbocycles. The van der Waals surface area contributed by atoms with Crippen LogP contribution in [0.15, 0.2) is 83.9 Å². The lowest BCUT2D eigenvalue weighted by Crippen LogP contribution is -2.39. The van der Waals surface area contributed by atoms with E-state index in [1.165, 1.54) is 28.9 Å². The molecule has 4 aromatic rings. The number of aryl methyl sites for hydroxylation is 1. The van der Waals surface area contributed by atoms with Crippen LogP contribution >= 0.6 is 0 Å². The van der Waals surface area contributed by atoms with Crippen LogP contribution < -0.4 is 15.0 Å². The number of hydrogen-bond acceptors (Lipinski definition) is 3. The third-order valence-corrected chi connectivity index (χ3v) is 6.11. The first-order valence-corrected chi connectivity index (χ1v) is 11.6. The molecule has 5 rings (SSSR count). The van der Waals surface area contributed by atoms with E-state index >= 15 is 0 Å². The Bertz CT molecular complexity index is 1580. The highest BCUT2D eigenvalue weighted by molar-refractivity contribution is 6.53. The number of halogens is 1. The number of benzene rings is 2. The van der Waals surface area contributed by atoms with E-state index in [0.717, 1.165) is 10.5 Å². The maximum atomic E-state index is 13.9. The smallest absolute Gasteiger partial charge is 0.294 e. The summed E-state index contributed by atoms with van der Waals surface area (Å²) in [4.78, 5) is 42.5. The molecule has 0 unspecified atom stereocenters. The molecular weight excluding hydrogens is 459 g/mol. The van der Waals surface area contributed by atoms with Crippen molar-refractivity contribution in [2.75, 3.05) is 4.90 Å². The van der Waals surface area contributed by atoms with E-state index in [1.54, 1.807) is 35.2 Å². The van der Waals surface area contributed by atoms with Gasteiger partial charge in [0, 0.05) is 17.3 Å². The predicted octanol–water partition coefficient (Wildman–Crippen LogP) is 3.97. The Balaban J connectivity index is 1.81. The fourth-order valence-corrected chi connectivity index (χ4v) is 4.41. The van der Waals surface area contributed by atoms with E-state index in [4.69, 9.17) is 0 Å². The number of nitrogens with zero attached hydrogens (tertiary/aromatic N) is 3. The van der Waals surface area contributed by atoms with Gasteiger partial charge in [-0.05, 0) is 55.3 Å². The number of H-pyrrole nitrogens is 1. The van der Waals surface area contributed by atoms with Gasteiger partial charge in [-0.2, -0.15) is 4.57 Å². The van der Waals surface area contributed by atoms with Gasteiger partial charge in [-0.15, -0.1) is 0 Å². The highest BCUT2D eigenvalue weighted by Crippen LogP contribution is 2.35. The first-order valence-electron chi connectivity index (χ1n) is 11.6. The highest BCUT2D eigenvalue weighted by atomic mass is 19.1. The van der Waals surface area contributed by atoms with E-state index < -0.39 is 23.2 Å². The van der Waals surface area contributed by atoms with Gasteiger partial charge in [-0.25, -0.2) is 14.0 Å². The van der Waals surface area contributed by atoms with Gasteiger partial charge in [0.1, 0.15) is 11.4 Å². The summed E-state index contributed by atoms with van der Waals surface area (Å²) in [5, 5.41) is 3.15. The number of carbonyl (C=O) groups excluding carboxylic acids is 2. The molecule has 2 aromatic heterocycles. The van der Waals surface area contributed by atoms with Gasteiger partial charge in [0.25, 0.3) is 17.2 Å². The summed E-state index contributed by atoms with van der Waals surface area (Å²) >= 11 is 0. The Kier molecular flexibility index (Phi) is 5.72. The van der Waals surface area contributed by atoms with Crippen molar-refractivity contribution in [3.63, 3.8) is 0 Å². The second-order valence-electron chi connectivity index (χ2n) is 8.97. The number of nitrogens with one attached hydrogen (secondary N) is 1. The molecule has 2 amide bonds. The lowest BCUT2D eigenvalue weighted by molar-refractivity contribution is -0.577. The van der Waals surface area contributed by atoms with E-state index in [-0.39, 0.29) is 28.4 Å². The summed E-state index contributed by atoms with van der Waals surface area (Å²) in [6, 6.07) is 17.8. The molecule has 180 valence electrons. The van der Waals surface area contributed by atoms with Crippen molar-refractivity contribution in [1.82, 2.24) is 9.78 Å². The lowest BCUT2D eigenvalue weighted by Gasteiger charge is -2.14. The summed E-state index contributed by atoms with van der Waals surface area (Å²) in [6.07, 6.45) is 3.39. The molecule has 0 radical (unpaired) electrons. The molecule has 1 N–H and O–H groups in total. The predicted molar refractivity (Wildman–Crippen MR) is 134 cm³/mol. The molecule has 0 saturated carbocycles. The Morgan fingerprint density at radius 1 is 0.861 bits per heavy atom. The van der Waals surface area contributed by atoms with Crippen LogP contribution in [0, 0.1) is 12.7 Å². The minimum absolute atomic E-state index is 0.000411. The molecule has 0 aliphatic carbocycles. The number of aromatic nitrogens is 3. The van der Waals surface area contributed by atoms with Crippen LogP contribution in [0.1, 0.15) is 36.6 Å². The average Bonchev–Trinajstić information content (AvgIpc) is 3.33. The van der Waals surface area contributed by atoms with Crippen LogP contribution in [-0.4, -0.2) is 21.6 Å². The third-order valence-electron chi connectivity index (χ3n) is 6.11. The van der Waals surface area contributed by atoms with Gasteiger partial charge >= 0.3 is 5.91 Å². The molecule has 36 heavy (non-hydrogen) atoms. The van der Waals surface area contributed by atoms with Crippen LogP contribution in [0.2, 0.25) is 0 Å². The monoisotopic (exact) mass is 483 g/mol. The Labute approximate surface area is 206 Å². The number of rotatable bonds is 5. The van der Waals surface area contributed by atoms with E-state index in [0.29, 0.717) is 11.4 Å². The zero-order chi connectivity index (χ0) is 25.6. The lowest BCUT2D eigenvalue weighted by atomic mass is 9.98. The van der Waals surface area contributed by atoms with Crippen molar-refractivity contribution < 1.29 is 18.5 Å². The Hall–Kier alpha value is -4.59. The summed E-state index contributed by atoms with van der Waals surface area (Å²) < 4.78 is 16.6. The minimum atomic E-state index is -0.645. The molecule has 0 bridgehead atoms. The number of aromatic amines is 1. The fourth-order valence-electron chi connectivity index (χ4n) is 4.41. The average molecular weight is 484 g/mol. The molecule has 0 fully saturated rings. The first kappa shape index (κ1) is 23.2. The second-order valence-corrected chi connectivity index (χ2v) is 8.97. The number of para-hydroxylation sites is 1. The highest BCUT2D eigenvalue weighted by Gasteiger charge is 2.48. The quantitative estimate of drug-likeness (QED) is 0.345. The molecule has 0 atom stereocenters. The van der Waals surface area contributed by atoms with Crippen molar-refractivity contribution in [2.45, 2.75) is 26.7 Å². The zero-order valence-corrected chi connectivity index (χ0v) is 20.0. The standard InChI is InChI=1S/C28H23FN4O3/c1-17(2)24-22(27(35)33(30-24)21-9-5-4-6-10-21)23-25(31-15-7-8-18(3)16-31)28(36)32(26(23)34)20-13-11-19(29)12-14-20/h4-17H,1-3H3/p+1. The van der Waals surface area contributed by atoms with Crippen molar-refractivity contribution in [2.24, 2.45) is 0 Å². The van der Waals surface area contributed by atoms with Gasteiger partial charge in [0.15, 0.2) is 12.4 Å². The first-order chi connectivity index (χ1) is 17.3. The summed E-state index contributed by atoms with van der Waals surface area (Å²) in [7, 11) is 0. The van der Waals surface area contributed by atoms with Crippen molar-refractivity contribution in [1.29, 1.82) is 0 Å². The molecule has 0 saturated heterocycles. The molecule has 1 aliphatic rings. The molecule has 1 aliphatic heterocycles. The number of hydrogen-bond donors (Lipinski definition) is 1. The van der Waals surface area contributed by atoms with Gasteiger partial charge in [-0.3, -0.25) is 19.5 Å². The van der Waals surface area contributed by atoms with Crippen LogP contribution in [-0.2, 0) is 9.59 Å². The van der Waals surface area contributed by atoms with Gasteiger partial charge in [0.05, 0.1) is 16.9 Å². The van der Waals surface area contributed by atoms with Crippen molar-refractivity contribution in [3.8, 4) is 5.69 Å². The van der Waals surface area contributed by atoms with Gasteiger partial charge in [0.2, 0.25) is 0 Å². The van der Waals surface area contributed by atoms with Crippen LogP contribution in [0.4, 0.5) is 10.1 Å². The van der Waals surface area contributed by atoms with E-state index in [2.05, 4.69) is 5.10 Å². The molecule has 8 heteroatoms. The topological polar surface area (TPSA) is 79.1 Å². The van der Waals surface area contributed by atoms with Crippen LogP contribution in [0.5, 0.6) is 0 Å². The normalized spacial score (nSPS) is 13.9. The largest absolute Gasteiger partial charge is 0.331 e. The summed E-state index contributed by atoms with van der Waals surface area (Å²) in [5.41, 5.74) is 1.99. The van der Waals surface area contributed by atoms with E-state index in [1.807, 2.05) is 45.0 Å². The summed E-state index contributed by atoms with van der Waals surface area (Å²) in [5.74, 6) is -1.89. The fraction of sp³-hybridized carbons (Fsp3) is 0.143.